The van der Waals surface area contributed by atoms with Crippen LogP contribution in [0.2, 0.25) is 0 Å². The maximum absolute atomic E-state index is 12.0. The number of rotatable bonds is 7. The monoisotopic (exact) mass is 371 g/mol. The molecule has 0 saturated carbocycles. The van der Waals surface area contributed by atoms with E-state index in [1.54, 1.807) is 0 Å². The first kappa shape index (κ1) is 18.3. The Morgan fingerprint density at radius 2 is 1.88 bits per heavy atom. The van der Waals surface area contributed by atoms with Crippen LogP contribution in [0.3, 0.4) is 0 Å². The number of hydrazone groups is 1. The smallest absolute Gasteiger partial charge is 0.387 e. The van der Waals surface area contributed by atoms with E-state index in [-0.39, 0.29) is 16.3 Å². The molecule has 0 aliphatic heterocycles. The second-order valence-electron chi connectivity index (χ2n) is 4.55. The zero-order chi connectivity index (χ0) is 18.4. The predicted molar refractivity (Wildman–Crippen MR) is 84.1 cm³/mol. The molecule has 0 heterocycles. The Balaban J connectivity index is 2.07. The number of nitro groups is 1. The van der Waals surface area contributed by atoms with E-state index < -0.39 is 21.6 Å². The summed E-state index contributed by atoms with van der Waals surface area (Å²) in [5, 5.41) is 14.2. The lowest BCUT2D eigenvalue weighted by Gasteiger charge is -2.04. The molecule has 0 radical (unpaired) electrons. The molecule has 132 valence electrons. The van der Waals surface area contributed by atoms with E-state index in [4.69, 9.17) is 0 Å². The first-order chi connectivity index (χ1) is 11.8. The summed E-state index contributed by atoms with van der Waals surface area (Å²) in [5.74, 6) is -0.0516. The van der Waals surface area contributed by atoms with Gasteiger partial charge < -0.3 is 4.74 Å². The molecule has 0 fully saturated rings. The van der Waals surface area contributed by atoms with Crippen molar-refractivity contribution in [1.82, 2.24) is 4.83 Å². The molecular weight excluding hydrogens is 360 g/mol. The second kappa shape index (κ2) is 7.66. The fraction of sp³-hybridized carbons (Fsp3) is 0.0714. The van der Waals surface area contributed by atoms with E-state index >= 15 is 0 Å². The number of nitrogens with one attached hydrogen (secondary N) is 1. The third-order valence-corrected chi connectivity index (χ3v) is 4.05. The number of alkyl halides is 2. The summed E-state index contributed by atoms with van der Waals surface area (Å²) in [5.41, 5.74) is 0.0461. The van der Waals surface area contributed by atoms with Crippen LogP contribution in [-0.4, -0.2) is 26.2 Å². The number of nitro benzene ring substituents is 1. The van der Waals surface area contributed by atoms with Crippen LogP contribution in [0.1, 0.15) is 5.56 Å². The van der Waals surface area contributed by atoms with Crippen molar-refractivity contribution >= 4 is 21.9 Å². The van der Waals surface area contributed by atoms with Crippen molar-refractivity contribution in [3.05, 3.63) is 64.2 Å². The molecule has 0 saturated heterocycles. The Bertz CT molecular complexity index is 886. The molecule has 0 spiro atoms. The fourth-order valence-corrected chi connectivity index (χ4v) is 2.55. The number of hydrogen-bond acceptors (Lipinski definition) is 6. The van der Waals surface area contributed by atoms with Gasteiger partial charge >= 0.3 is 6.61 Å². The van der Waals surface area contributed by atoms with Crippen molar-refractivity contribution in [2.24, 2.45) is 5.10 Å². The number of benzene rings is 2. The second-order valence-corrected chi connectivity index (χ2v) is 6.22. The van der Waals surface area contributed by atoms with Crippen LogP contribution in [0.5, 0.6) is 5.75 Å². The standard InChI is InChI=1S/C14H11F2N3O5S/c15-14(16)24-12-6-4-10(5-7-12)9-17-18-25(22,23)13-3-1-2-11(8-13)19(20)21/h1-9,14,18H/b17-9-. The Hall–Kier alpha value is -3.08. The van der Waals surface area contributed by atoms with Crippen molar-refractivity contribution in [2.45, 2.75) is 11.5 Å². The van der Waals surface area contributed by atoms with Gasteiger partial charge in [0.25, 0.3) is 15.7 Å². The third-order valence-electron chi connectivity index (χ3n) is 2.83. The molecular formula is C14H11F2N3O5S. The van der Waals surface area contributed by atoms with Crippen LogP contribution < -0.4 is 9.57 Å². The number of hydrogen-bond donors (Lipinski definition) is 1. The maximum atomic E-state index is 12.0. The van der Waals surface area contributed by atoms with Gasteiger partial charge in [-0.15, -0.1) is 0 Å². The molecule has 2 rings (SSSR count). The molecule has 1 N–H and O–H groups in total. The zero-order valence-corrected chi connectivity index (χ0v) is 13.2. The summed E-state index contributed by atoms with van der Waals surface area (Å²) in [6.07, 6.45) is 1.14. The lowest BCUT2D eigenvalue weighted by molar-refractivity contribution is -0.385. The van der Waals surface area contributed by atoms with Gasteiger partial charge in [-0.2, -0.15) is 22.3 Å². The summed E-state index contributed by atoms with van der Waals surface area (Å²) in [6, 6.07) is 9.79. The summed E-state index contributed by atoms with van der Waals surface area (Å²) >= 11 is 0. The molecule has 0 atom stereocenters. The van der Waals surface area contributed by atoms with E-state index in [1.807, 2.05) is 4.83 Å². The minimum absolute atomic E-state index is 0.0516. The highest BCUT2D eigenvalue weighted by Gasteiger charge is 2.16. The minimum Gasteiger partial charge on any atom is -0.435 e. The summed E-state index contributed by atoms with van der Waals surface area (Å²) in [7, 11) is -4.09. The SMILES string of the molecule is O=[N+]([O-])c1cccc(S(=O)(=O)N/N=C\c2ccc(OC(F)F)cc2)c1. The zero-order valence-electron chi connectivity index (χ0n) is 12.4. The predicted octanol–water partition coefficient (Wildman–Crippen LogP) is 2.51. The molecule has 11 heteroatoms. The van der Waals surface area contributed by atoms with Gasteiger partial charge in [0.15, 0.2) is 0 Å². The number of nitrogens with zero attached hydrogens (tertiary/aromatic N) is 2. The van der Waals surface area contributed by atoms with Crippen molar-refractivity contribution in [3.8, 4) is 5.75 Å². The molecule has 0 aliphatic carbocycles. The lowest BCUT2D eigenvalue weighted by Crippen LogP contribution is -2.18. The Kier molecular flexibility index (Phi) is 5.60. The first-order valence-corrected chi connectivity index (χ1v) is 8.10. The number of sulfonamides is 1. The van der Waals surface area contributed by atoms with Crippen molar-refractivity contribution in [2.75, 3.05) is 0 Å². The average Bonchev–Trinajstić information content (AvgIpc) is 2.56. The Labute approximate surface area is 140 Å². The summed E-state index contributed by atoms with van der Waals surface area (Å²) in [6.45, 7) is -2.94. The summed E-state index contributed by atoms with van der Waals surface area (Å²) in [4.78, 5) is 11.5. The highest BCUT2D eigenvalue weighted by atomic mass is 32.2. The van der Waals surface area contributed by atoms with Gasteiger partial charge in [0.2, 0.25) is 0 Å². The Morgan fingerprint density at radius 3 is 2.48 bits per heavy atom. The molecule has 0 aliphatic rings. The van der Waals surface area contributed by atoms with Gasteiger partial charge in [-0.05, 0) is 35.9 Å². The highest BCUT2D eigenvalue weighted by molar-refractivity contribution is 7.89. The van der Waals surface area contributed by atoms with Crippen LogP contribution >= 0.6 is 0 Å². The van der Waals surface area contributed by atoms with Crippen molar-refractivity contribution in [1.29, 1.82) is 0 Å². The topological polar surface area (TPSA) is 111 Å². The van der Waals surface area contributed by atoms with Crippen LogP contribution in [0.15, 0.2) is 58.5 Å². The van der Waals surface area contributed by atoms with E-state index in [0.29, 0.717) is 5.56 Å². The van der Waals surface area contributed by atoms with Gasteiger partial charge in [0.05, 0.1) is 16.0 Å². The van der Waals surface area contributed by atoms with Crippen LogP contribution in [-0.2, 0) is 10.0 Å². The van der Waals surface area contributed by atoms with Gasteiger partial charge in [0.1, 0.15) is 5.75 Å². The van der Waals surface area contributed by atoms with Crippen LogP contribution in [0.25, 0.3) is 0 Å². The molecule has 2 aromatic rings. The van der Waals surface area contributed by atoms with Gasteiger partial charge in [-0.3, -0.25) is 10.1 Å². The normalized spacial score (nSPS) is 11.6. The first-order valence-electron chi connectivity index (χ1n) is 6.62. The molecule has 0 amide bonds. The number of non-ortho nitro benzene ring substituents is 1. The van der Waals surface area contributed by atoms with E-state index in [9.17, 15) is 27.3 Å². The number of ether oxygens (including phenoxy) is 1. The van der Waals surface area contributed by atoms with Gasteiger partial charge in [0, 0.05) is 12.1 Å². The fourth-order valence-electron chi connectivity index (χ4n) is 1.72. The molecule has 0 bridgehead atoms. The molecule has 0 aromatic heterocycles. The van der Waals surface area contributed by atoms with Crippen LogP contribution in [0, 0.1) is 10.1 Å². The van der Waals surface area contributed by atoms with E-state index in [0.717, 1.165) is 18.3 Å². The maximum Gasteiger partial charge on any atom is 0.387 e. The quantitative estimate of drug-likeness (QED) is 0.457. The van der Waals surface area contributed by atoms with E-state index in [1.165, 1.54) is 36.4 Å². The number of halogens is 2. The van der Waals surface area contributed by atoms with E-state index in [2.05, 4.69) is 9.84 Å². The largest absolute Gasteiger partial charge is 0.435 e. The van der Waals surface area contributed by atoms with Crippen LogP contribution in [0.4, 0.5) is 14.5 Å². The van der Waals surface area contributed by atoms with Crippen molar-refractivity contribution in [3.63, 3.8) is 0 Å². The van der Waals surface area contributed by atoms with Gasteiger partial charge in [-0.25, -0.2) is 4.83 Å². The third kappa shape index (κ3) is 5.21. The Morgan fingerprint density at radius 1 is 1.20 bits per heavy atom. The molecule has 0 unspecified atom stereocenters. The van der Waals surface area contributed by atoms with Crippen molar-refractivity contribution < 1.29 is 26.9 Å². The molecule has 2 aromatic carbocycles. The lowest BCUT2D eigenvalue weighted by atomic mass is 10.2. The molecule has 8 nitrogen and oxygen atoms in total. The van der Waals surface area contributed by atoms with Gasteiger partial charge in [-0.1, -0.05) is 6.07 Å². The molecule has 25 heavy (non-hydrogen) atoms. The average molecular weight is 371 g/mol. The minimum atomic E-state index is -4.09. The summed E-state index contributed by atoms with van der Waals surface area (Å²) < 4.78 is 52.3. The highest BCUT2D eigenvalue weighted by Crippen LogP contribution is 2.17.